The van der Waals surface area contributed by atoms with Crippen LogP contribution in [0.4, 0.5) is 28.7 Å². The molecule has 242 valence electrons. The number of para-hydroxylation sites is 1. The second-order valence-electron chi connectivity index (χ2n) is 10.5. The molecule has 0 bridgehead atoms. The molecule has 0 aliphatic carbocycles. The van der Waals surface area contributed by atoms with Crippen LogP contribution in [0.25, 0.3) is 0 Å². The lowest BCUT2D eigenvalue weighted by molar-refractivity contribution is 0.0873. The largest absolute Gasteiger partial charge is 0.394 e. The predicted molar refractivity (Wildman–Crippen MR) is 172 cm³/mol. The van der Waals surface area contributed by atoms with Gasteiger partial charge >= 0.3 is 0 Å². The van der Waals surface area contributed by atoms with E-state index in [4.69, 9.17) is 9.84 Å². The van der Waals surface area contributed by atoms with Gasteiger partial charge in [0.1, 0.15) is 11.8 Å². The molecule has 13 nitrogen and oxygen atoms in total. The van der Waals surface area contributed by atoms with Gasteiger partial charge in [0.2, 0.25) is 0 Å². The molecule has 3 rings (SSSR count). The number of aliphatic hydroxyl groups excluding tert-OH is 3. The average molecular weight is 640 g/mol. The third-order valence-electron chi connectivity index (χ3n) is 6.52. The number of pyridine rings is 1. The second kappa shape index (κ2) is 17.5. The van der Waals surface area contributed by atoms with E-state index in [0.717, 1.165) is 5.69 Å². The van der Waals surface area contributed by atoms with Crippen LogP contribution in [0.2, 0.25) is 0 Å². The fourth-order valence-corrected chi connectivity index (χ4v) is 5.72. The van der Waals surface area contributed by atoms with E-state index < -0.39 is 22.0 Å². The zero-order valence-electron chi connectivity index (χ0n) is 25.7. The molecule has 3 aromatic rings. The molecule has 14 heteroatoms. The smallest absolute Gasteiger partial charge is 0.179 e. The number of hydrogen-bond donors (Lipinski definition) is 5. The highest BCUT2D eigenvalue weighted by molar-refractivity contribution is 7.91. The zero-order chi connectivity index (χ0) is 32.8. The number of sulfone groups is 1. The fourth-order valence-electron chi connectivity index (χ4n) is 4.43. The Labute approximate surface area is 264 Å². The molecular weight excluding hydrogens is 598 g/mol. The molecule has 1 heterocycles. The van der Waals surface area contributed by atoms with Gasteiger partial charge in [-0.25, -0.2) is 13.4 Å². The van der Waals surface area contributed by atoms with Crippen LogP contribution in [0.15, 0.2) is 69.7 Å². The second-order valence-corrected chi connectivity index (χ2v) is 12.6. The van der Waals surface area contributed by atoms with Gasteiger partial charge < -0.3 is 30.7 Å². The molecule has 2 aromatic carbocycles. The molecule has 0 radical (unpaired) electrons. The van der Waals surface area contributed by atoms with Gasteiger partial charge in [0.15, 0.2) is 21.5 Å². The lowest BCUT2D eigenvalue weighted by Gasteiger charge is -2.24. The van der Waals surface area contributed by atoms with Crippen molar-refractivity contribution in [1.29, 1.82) is 5.26 Å². The number of nitrogens with zero attached hydrogens (tertiary/aromatic N) is 5. The Morgan fingerprint density at radius 2 is 1.67 bits per heavy atom. The van der Waals surface area contributed by atoms with Crippen molar-refractivity contribution < 1.29 is 28.5 Å². The highest BCUT2D eigenvalue weighted by Crippen LogP contribution is 2.35. The van der Waals surface area contributed by atoms with Crippen LogP contribution >= 0.6 is 0 Å². The summed E-state index contributed by atoms with van der Waals surface area (Å²) in [5.41, 5.74) is 2.30. The number of nitriles is 1. The van der Waals surface area contributed by atoms with Gasteiger partial charge in [0.05, 0.1) is 53.9 Å². The third-order valence-corrected chi connectivity index (χ3v) is 8.23. The highest BCUT2D eigenvalue weighted by Gasteiger charge is 2.20. The van der Waals surface area contributed by atoms with E-state index in [1.54, 1.807) is 25.7 Å². The first kappa shape index (κ1) is 35.5. The maximum absolute atomic E-state index is 13.0. The summed E-state index contributed by atoms with van der Waals surface area (Å²) in [4.78, 5) is 6.46. The standard InChI is InChI=1S/C31H41N7O6S/c1-22(40)20-38(21-23(2)41)14-18-45(42,43)27-11-9-26(10-12-27)36-37-29-24(3)28(19-32)30(34-25-7-5-4-6-8-25)35-31(29)33-13-16-44-17-15-39/h4-12,22-23,39-41H,13-18,20-21H2,1-3H3,(H2,33,34,35). The molecule has 0 aliphatic heterocycles. The van der Waals surface area contributed by atoms with Crippen molar-refractivity contribution in [2.75, 3.05) is 62.4 Å². The van der Waals surface area contributed by atoms with Gasteiger partial charge in [-0.3, -0.25) is 4.90 Å². The minimum atomic E-state index is -3.65. The number of aliphatic hydroxyl groups is 3. The topological polar surface area (TPSA) is 193 Å². The normalized spacial score (nSPS) is 13.1. The van der Waals surface area contributed by atoms with Crippen LogP contribution < -0.4 is 10.6 Å². The fraction of sp³-hybridized carbons (Fsp3) is 0.419. The zero-order valence-corrected chi connectivity index (χ0v) is 26.5. The molecule has 45 heavy (non-hydrogen) atoms. The quantitative estimate of drug-likeness (QED) is 0.101. The maximum atomic E-state index is 13.0. The van der Waals surface area contributed by atoms with E-state index >= 15 is 0 Å². The van der Waals surface area contributed by atoms with E-state index in [9.17, 15) is 23.9 Å². The Morgan fingerprint density at radius 1 is 1.00 bits per heavy atom. The number of hydrogen-bond acceptors (Lipinski definition) is 13. The van der Waals surface area contributed by atoms with Crippen LogP contribution in [0, 0.1) is 18.3 Å². The van der Waals surface area contributed by atoms with E-state index in [1.807, 2.05) is 30.3 Å². The van der Waals surface area contributed by atoms with Crippen LogP contribution in [0.3, 0.4) is 0 Å². The number of anilines is 3. The number of benzene rings is 2. The van der Waals surface area contributed by atoms with Crippen LogP contribution in [-0.4, -0.2) is 97.6 Å². The Balaban J connectivity index is 1.84. The molecule has 0 aliphatic rings. The maximum Gasteiger partial charge on any atom is 0.179 e. The molecule has 2 unspecified atom stereocenters. The van der Waals surface area contributed by atoms with Crippen LogP contribution in [-0.2, 0) is 14.6 Å². The first-order chi connectivity index (χ1) is 21.5. The predicted octanol–water partition coefficient (Wildman–Crippen LogP) is 3.68. The molecular formula is C31H41N7O6S. The molecule has 0 spiro atoms. The van der Waals surface area contributed by atoms with Crippen molar-refractivity contribution >= 4 is 38.5 Å². The summed E-state index contributed by atoms with van der Waals surface area (Å²) in [6.45, 7) is 6.36. The van der Waals surface area contributed by atoms with E-state index in [0.29, 0.717) is 41.7 Å². The summed E-state index contributed by atoms with van der Waals surface area (Å²) < 4.78 is 31.4. The summed E-state index contributed by atoms with van der Waals surface area (Å²) in [7, 11) is -3.65. The SMILES string of the molecule is Cc1c(C#N)c(Nc2ccccc2)nc(NCCOCCO)c1N=Nc1ccc(S(=O)(=O)CCN(CC(C)O)CC(C)O)cc1. The monoisotopic (exact) mass is 639 g/mol. The number of rotatable bonds is 18. The number of azo groups is 1. The average Bonchev–Trinajstić information content (AvgIpc) is 3.00. The number of ether oxygens (including phenoxy) is 1. The van der Waals surface area contributed by atoms with Gasteiger partial charge in [0.25, 0.3) is 0 Å². The lowest BCUT2D eigenvalue weighted by Crippen LogP contribution is -2.39. The lowest BCUT2D eigenvalue weighted by atomic mass is 10.1. The first-order valence-electron chi connectivity index (χ1n) is 14.6. The van der Waals surface area contributed by atoms with Gasteiger partial charge in [-0.15, -0.1) is 5.11 Å². The van der Waals surface area contributed by atoms with Crippen molar-refractivity contribution in [3.8, 4) is 6.07 Å². The first-order valence-corrected chi connectivity index (χ1v) is 16.2. The molecule has 5 N–H and O–H groups in total. The summed E-state index contributed by atoms with van der Waals surface area (Å²) in [6.07, 6.45) is -1.32. The minimum absolute atomic E-state index is 0.0939. The van der Waals surface area contributed by atoms with Crippen molar-refractivity contribution in [2.24, 2.45) is 10.2 Å². The molecule has 0 fully saturated rings. The molecule has 0 saturated carbocycles. The van der Waals surface area contributed by atoms with Crippen LogP contribution in [0.5, 0.6) is 0 Å². The van der Waals surface area contributed by atoms with E-state index in [2.05, 4.69) is 31.9 Å². The van der Waals surface area contributed by atoms with Crippen molar-refractivity contribution in [1.82, 2.24) is 9.88 Å². The van der Waals surface area contributed by atoms with Crippen molar-refractivity contribution in [3.05, 3.63) is 65.7 Å². The Bertz CT molecular complexity index is 1530. The molecule has 0 saturated heterocycles. The van der Waals surface area contributed by atoms with Gasteiger partial charge in [-0.2, -0.15) is 10.4 Å². The van der Waals surface area contributed by atoms with E-state index in [1.165, 1.54) is 24.3 Å². The number of nitrogens with one attached hydrogen (secondary N) is 2. The number of aromatic nitrogens is 1. The third kappa shape index (κ3) is 11.2. The van der Waals surface area contributed by atoms with Crippen molar-refractivity contribution in [2.45, 2.75) is 37.9 Å². The minimum Gasteiger partial charge on any atom is -0.394 e. The van der Waals surface area contributed by atoms with Gasteiger partial charge in [0, 0.05) is 37.4 Å². The Kier molecular flexibility index (Phi) is 13.8. The highest BCUT2D eigenvalue weighted by atomic mass is 32.2. The summed E-state index contributed by atoms with van der Waals surface area (Å²) in [5, 5.41) is 53.4. The van der Waals surface area contributed by atoms with Gasteiger partial charge in [-0.1, -0.05) is 18.2 Å². The summed E-state index contributed by atoms with van der Waals surface area (Å²) >= 11 is 0. The van der Waals surface area contributed by atoms with Crippen molar-refractivity contribution in [3.63, 3.8) is 0 Å². The van der Waals surface area contributed by atoms with Gasteiger partial charge in [-0.05, 0) is 57.2 Å². The summed E-state index contributed by atoms with van der Waals surface area (Å²) in [6, 6.07) is 17.5. The Morgan fingerprint density at radius 3 is 2.27 bits per heavy atom. The molecule has 1 aromatic heterocycles. The summed E-state index contributed by atoms with van der Waals surface area (Å²) in [5.74, 6) is 0.517. The van der Waals surface area contributed by atoms with Crippen LogP contribution in [0.1, 0.15) is 25.0 Å². The molecule has 0 amide bonds. The Hall–Kier alpha value is -3.97. The molecule has 2 atom stereocenters. The van der Waals surface area contributed by atoms with E-state index in [-0.39, 0.29) is 49.1 Å².